The molecule has 0 spiro atoms. The molecule has 0 unspecified atom stereocenters. The highest BCUT2D eigenvalue weighted by atomic mass is 16.5. The maximum Gasteiger partial charge on any atom is 0.323 e. The molecule has 102 valence electrons. The van der Waals surface area contributed by atoms with Gasteiger partial charge < -0.3 is 9.84 Å². The highest BCUT2D eigenvalue weighted by Gasteiger charge is 2.31. The topological polar surface area (TPSA) is 73.6 Å². The van der Waals surface area contributed by atoms with Gasteiger partial charge in [-0.15, -0.1) is 0 Å². The van der Waals surface area contributed by atoms with E-state index >= 15 is 0 Å². The molecule has 1 aromatic rings. The van der Waals surface area contributed by atoms with E-state index in [-0.39, 0.29) is 0 Å². The molecule has 0 amide bonds. The predicted octanol–water partition coefficient (Wildman–Crippen LogP) is 1.86. The van der Waals surface area contributed by atoms with Gasteiger partial charge in [0.25, 0.3) is 0 Å². The summed E-state index contributed by atoms with van der Waals surface area (Å²) in [6.45, 7) is 3.76. The summed E-state index contributed by atoms with van der Waals surface area (Å²) < 4.78 is 5.13. The number of benzene rings is 1. The molecule has 0 saturated heterocycles. The normalized spacial score (nSPS) is 11.2. The van der Waals surface area contributed by atoms with Crippen molar-refractivity contribution >= 4 is 5.97 Å². The maximum absolute atomic E-state index is 11.2. The Balaban J connectivity index is 2.95. The lowest BCUT2D eigenvalue weighted by Crippen LogP contribution is -2.47. The molecule has 0 aromatic heterocycles. The zero-order chi connectivity index (χ0) is 14.6. The second-order valence-corrected chi connectivity index (χ2v) is 4.87. The number of carboxylic acids is 1. The van der Waals surface area contributed by atoms with Gasteiger partial charge in [-0.1, -0.05) is 6.07 Å². The molecular weight excluding hydrogens is 244 g/mol. The number of methoxy groups -OCH3 is 1. The van der Waals surface area contributed by atoms with Crippen molar-refractivity contribution < 1.29 is 14.6 Å². The summed E-state index contributed by atoms with van der Waals surface area (Å²) in [5.41, 5.74) is 0.403. The molecule has 19 heavy (non-hydrogen) atoms. The fourth-order valence-corrected chi connectivity index (χ4v) is 1.56. The molecule has 0 bridgehead atoms. The summed E-state index contributed by atoms with van der Waals surface area (Å²) >= 11 is 0. The Morgan fingerprint density at radius 2 is 2.16 bits per heavy atom. The van der Waals surface area contributed by atoms with Crippen LogP contribution < -0.4 is 4.74 Å². The zero-order valence-electron chi connectivity index (χ0n) is 11.6. The van der Waals surface area contributed by atoms with E-state index in [0.717, 1.165) is 5.56 Å². The van der Waals surface area contributed by atoms with Crippen LogP contribution in [0.3, 0.4) is 0 Å². The number of nitriles is 1. The summed E-state index contributed by atoms with van der Waals surface area (Å²) in [4.78, 5) is 12.9. The minimum absolute atomic E-state index is 0.460. The van der Waals surface area contributed by atoms with E-state index in [0.29, 0.717) is 17.9 Å². The third-order valence-corrected chi connectivity index (χ3v) is 3.28. The molecule has 1 rings (SSSR count). The summed E-state index contributed by atoms with van der Waals surface area (Å²) in [7, 11) is 3.25. The van der Waals surface area contributed by atoms with E-state index < -0.39 is 11.5 Å². The number of aliphatic carboxylic acids is 1. The first-order chi connectivity index (χ1) is 8.82. The number of carboxylic acid groups (broad SMARTS) is 1. The fourth-order valence-electron chi connectivity index (χ4n) is 1.56. The van der Waals surface area contributed by atoms with Crippen LogP contribution in [0.2, 0.25) is 0 Å². The lowest BCUT2D eigenvalue weighted by atomic mass is 10.0. The van der Waals surface area contributed by atoms with E-state index in [2.05, 4.69) is 0 Å². The van der Waals surface area contributed by atoms with E-state index in [1.807, 2.05) is 6.07 Å². The highest BCUT2D eigenvalue weighted by molar-refractivity contribution is 5.77. The molecule has 0 saturated carbocycles. The molecule has 0 heterocycles. The molecule has 0 fully saturated rings. The molecule has 0 radical (unpaired) electrons. The van der Waals surface area contributed by atoms with Crippen molar-refractivity contribution in [2.75, 3.05) is 14.2 Å². The first-order valence-electron chi connectivity index (χ1n) is 5.84. The molecule has 0 atom stereocenters. The number of carbonyl (C=O) groups is 1. The third-order valence-electron chi connectivity index (χ3n) is 3.28. The van der Waals surface area contributed by atoms with Gasteiger partial charge in [-0.2, -0.15) is 5.26 Å². The van der Waals surface area contributed by atoms with Gasteiger partial charge in [0.05, 0.1) is 12.7 Å². The monoisotopic (exact) mass is 262 g/mol. The van der Waals surface area contributed by atoms with Crippen molar-refractivity contribution in [3.05, 3.63) is 29.3 Å². The smallest absolute Gasteiger partial charge is 0.323 e. The Morgan fingerprint density at radius 3 is 2.63 bits per heavy atom. The van der Waals surface area contributed by atoms with E-state index in [1.165, 1.54) is 7.11 Å². The standard InChI is InChI=1S/C14H18N2O3/c1-14(2,13(17)18)16(3)9-10-5-6-11(8-15)12(7-10)19-4/h5-7H,9H2,1-4H3,(H,17,18). The molecule has 5 heteroatoms. The van der Waals surface area contributed by atoms with Crippen LogP contribution in [-0.4, -0.2) is 35.7 Å². The maximum atomic E-state index is 11.2. The van der Waals surface area contributed by atoms with E-state index in [1.54, 1.807) is 44.0 Å². The lowest BCUT2D eigenvalue weighted by molar-refractivity contribution is -0.148. The van der Waals surface area contributed by atoms with Gasteiger partial charge >= 0.3 is 5.97 Å². The largest absolute Gasteiger partial charge is 0.495 e. The van der Waals surface area contributed by atoms with Crippen LogP contribution >= 0.6 is 0 Å². The van der Waals surface area contributed by atoms with Gasteiger partial charge in [0, 0.05) is 6.54 Å². The average molecular weight is 262 g/mol. The second kappa shape index (κ2) is 5.72. The molecule has 1 aromatic carbocycles. The Bertz CT molecular complexity index is 518. The van der Waals surface area contributed by atoms with Gasteiger partial charge in [0.15, 0.2) is 0 Å². The molecular formula is C14H18N2O3. The van der Waals surface area contributed by atoms with Crippen LogP contribution in [0.4, 0.5) is 0 Å². The quantitative estimate of drug-likeness (QED) is 0.876. The number of hydrogen-bond donors (Lipinski definition) is 1. The van der Waals surface area contributed by atoms with Crippen LogP contribution in [0.15, 0.2) is 18.2 Å². The first kappa shape index (κ1) is 15.0. The van der Waals surface area contributed by atoms with Crippen molar-refractivity contribution in [3.8, 4) is 11.8 Å². The van der Waals surface area contributed by atoms with Crippen LogP contribution in [-0.2, 0) is 11.3 Å². The predicted molar refractivity (Wildman–Crippen MR) is 70.9 cm³/mol. The van der Waals surface area contributed by atoms with Crippen LogP contribution in [0.5, 0.6) is 5.75 Å². The van der Waals surface area contributed by atoms with Crippen molar-refractivity contribution in [2.45, 2.75) is 25.9 Å². The van der Waals surface area contributed by atoms with Gasteiger partial charge in [-0.3, -0.25) is 9.69 Å². The number of ether oxygens (including phenoxy) is 1. The second-order valence-electron chi connectivity index (χ2n) is 4.87. The Hall–Kier alpha value is -2.06. The molecule has 0 aliphatic heterocycles. The number of likely N-dealkylation sites (N-methyl/N-ethyl adjacent to an activating group) is 1. The van der Waals surface area contributed by atoms with Gasteiger partial charge in [0.1, 0.15) is 17.4 Å². The van der Waals surface area contributed by atoms with E-state index in [4.69, 9.17) is 15.1 Å². The van der Waals surface area contributed by atoms with Gasteiger partial charge in [-0.05, 0) is 38.6 Å². The first-order valence-corrected chi connectivity index (χ1v) is 5.84. The van der Waals surface area contributed by atoms with Crippen molar-refractivity contribution in [1.82, 2.24) is 4.90 Å². The van der Waals surface area contributed by atoms with Crippen molar-refractivity contribution in [1.29, 1.82) is 5.26 Å². The number of nitrogens with zero attached hydrogens (tertiary/aromatic N) is 2. The summed E-state index contributed by atoms with van der Waals surface area (Å²) in [5.74, 6) is -0.378. The lowest BCUT2D eigenvalue weighted by Gasteiger charge is -2.31. The van der Waals surface area contributed by atoms with Crippen molar-refractivity contribution in [3.63, 3.8) is 0 Å². The fraction of sp³-hybridized carbons (Fsp3) is 0.429. The summed E-state index contributed by atoms with van der Waals surface area (Å²) in [6, 6.07) is 7.28. The van der Waals surface area contributed by atoms with Crippen molar-refractivity contribution in [2.24, 2.45) is 0 Å². The summed E-state index contributed by atoms with van der Waals surface area (Å²) in [6.07, 6.45) is 0. The highest BCUT2D eigenvalue weighted by Crippen LogP contribution is 2.22. The molecule has 1 N–H and O–H groups in total. The van der Waals surface area contributed by atoms with Gasteiger partial charge in [0.2, 0.25) is 0 Å². The van der Waals surface area contributed by atoms with Gasteiger partial charge in [-0.25, -0.2) is 0 Å². The Labute approximate surface area is 113 Å². The van der Waals surface area contributed by atoms with Crippen LogP contribution in [0, 0.1) is 11.3 Å². The molecule has 0 aliphatic rings. The minimum Gasteiger partial charge on any atom is -0.495 e. The summed E-state index contributed by atoms with van der Waals surface area (Å²) in [5, 5.41) is 18.1. The third kappa shape index (κ3) is 3.24. The van der Waals surface area contributed by atoms with Crippen LogP contribution in [0.1, 0.15) is 25.0 Å². The Kier molecular flexibility index (Phi) is 4.52. The number of hydrogen-bond acceptors (Lipinski definition) is 4. The zero-order valence-corrected chi connectivity index (χ0v) is 11.6. The molecule has 0 aliphatic carbocycles. The molecule has 5 nitrogen and oxygen atoms in total. The Morgan fingerprint density at radius 1 is 1.53 bits per heavy atom. The van der Waals surface area contributed by atoms with E-state index in [9.17, 15) is 4.79 Å². The van der Waals surface area contributed by atoms with Crippen LogP contribution in [0.25, 0.3) is 0 Å². The average Bonchev–Trinajstić information content (AvgIpc) is 2.38. The number of rotatable bonds is 5. The minimum atomic E-state index is -0.957. The SMILES string of the molecule is COc1cc(CN(C)C(C)(C)C(=O)O)ccc1C#N.